The predicted molar refractivity (Wildman–Crippen MR) is 72.2 cm³/mol. The van der Waals surface area contributed by atoms with Gasteiger partial charge in [-0.3, -0.25) is 0 Å². The predicted octanol–water partition coefficient (Wildman–Crippen LogP) is 0.680. The third-order valence-corrected chi connectivity index (χ3v) is 5.96. The quantitative estimate of drug-likeness (QED) is 0.775. The van der Waals surface area contributed by atoms with Gasteiger partial charge >= 0.3 is 0 Å². The monoisotopic (exact) mass is 275 g/mol. The van der Waals surface area contributed by atoms with Gasteiger partial charge in [-0.25, -0.2) is 0 Å². The summed E-state index contributed by atoms with van der Waals surface area (Å²) in [5.74, 6) is 0.847. The lowest BCUT2D eigenvalue weighted by molar-refractivity contribution is 0.268. The van der Waals surface area contributed by atoms with Crippen LogP contribution in [0.3, 0.4) is 0 Å². The van der Waals surface area contributed by atoms with Crippen LogP contribution in [0.1, 0.15) is 39.5 Å². The van der Waals surface area contributed by atoms with Gasteiger partial charge in [-0.2, -0.15) is 17.4 Å². The largest absolute Gasteiger partial charge is 0.329 e. The summed E-state index contributed by atoms with van der Waals surface area (Å²) in [6.07, 6.45) is 4.22. The Labute approximate surface area is 110 Å². The molecule has 1 saturated carbocycles. The van der Waals surface area contributed by atoms with E-state index in [0.717, 1.165) is 25.7 Å². The van der Waals surface area contributed by atoms with Gasteiger partial charge in [0.25, 0.3) is 10.2 Å². The van der Waals surface area contributed by atoms with E-state index in [-0.39, 0.29) is 0 Å². The smallest absolute Gasteiger partial charge is 0.280 e. The Morgan fingerprint density at radius 2 is 2.06 bits per heavy atom. The summed E-state index contributed by atoms with van der Waals surface area (Å²) in [7, 11) is -3.39. The third-order valence-electron chi connectivity index (χ3n) is 4.22. The van der Waals surface area contributed by atoms with Crippen molar-refractivity contribution in [3.8, 4) is 0 Å². The molecule has 0 aromatic heterocycles. The van der Waals surface area contributed by atoms with Crippen molar-refractivity contribution in [3.05, 3.63) is 0 Å². The summed E-state index contributed by atoms with van der Waals surface area (Å²) in [4.78, 5) is 0. The van der Waals surface area contributed by atoms with Gasteiger partial charge in [0.2, 0.25) is 0 Å². The van der Waals surface area contributed by atoms with Crippen LogP contribution in [0.2, 0.25) is 0 Å². The molecule has 3 N–H and O–H groups in total. The highest BCUT2D eigenvalue weighted by Crippen LogP contribution is 2.39. The Morgan fingerprint density at radius 3 is 2.56 bits per heavy atom. The second-order valence-electron chi connectivity index (χ2n) is 6.11. The first-order chi connectivity index (χ1) is 8.37. The average molecular weight is 275 g/mol. The molecule has 1 aliphatic carbocycles. The Hall–Kier alpha value is -0.170. The van der Waals surface area contributed by atoms with Gasteiger partial charge in [0, 0.05) is 25.2 Å². The van der Waals surface area contributed by atoms with E-state index < -0.39 is 15.7 Å². The fourth-order valence-electron chi connectivity index (χ4n) is 2.74. The average Bonchev–Trinajstić information content (AvgIpc) is 3.12. The topological polar surface area (TPSA) is 75.4 Å². The second kappa shape index (κ2) is 5.07. The van der Waals surface area contributed by atoms with Gasteiger partial charge in [-0.15, -0.1) is 0 Å². The van der Waals surface area contributed by atoms with Crippen LogP contribution in [0.25, 0.3) is 0 Å². The zero-order chi connectivity index (χ0) is 13.4. The molecule has 1 heterocycles. The zero-order valence-electron chi connectivity index (χ0n) is 11.4. The molecule has 2 aliphatic rings. The molecule has 2 unspecified atom stereocenters. The molecule has 0 spiro atoms. The minimum absolute atomic E-state index is 0.361. The van der Waals surface area contributed by atoms with Crippen LogP contribution in [-0.4, -0.2) is 37.9 Å². The minimum atomic E-state index is -3.39. The molecule has 18 heavy (non-hydrogen) atoms. The first-order valence-corrected chi connectivity index (χ1v) is 8.30. The van der Waals surface area contributed by atoms with Crippen molar-refractivity contribution < 1.29 is 8.42 Å². The van der Waals surface area contributed by atoms with Crippen molar-refractivity contribution in [2.45, 2.75) is 45.1 Å². The standard InChI is InChI=1S/C12H25N3O2S/c1-10-4-3-7-15(8-10)18(16,17)14-12(2,9-13)11-5-6-11/h10-11,14H,3-9,13H2,1-2H3. The third kappa shape index (κ3) is 3.04. The zero-order valence-corrected chi connectivity index (χ0v) is 12.2. The number of hydrogen-bond acceptors (Lipinski definition) is 3. The van der Waals surface area contributed by atoms with E-state index in [2.05, 4.69) is 11.6 Å². The highest BCUT2D eigenvalue weighted by molar-refractivity contribution is 7.87. The van der Waals surface area contributed by atoms with Crippen LogP contribution in [0, 0.1) is 11.8 Å². The van der Waals surface area contributed by atoms with Crippen molar-refractivity contribution in [2.75, 3.05) is 19.6 Å². The molecule has 0 aromatic carbocycles. The summed E-state index contributed by atoms with van der Waals surface area (Å²) in [5.41, 5.74) is 5.29. The fourth-order valence-corrected chi connectivity index (χ4v) is 4.52. The molecule has 106 valence electrons. The number of rotatable bonds is 5. The van der Waals surface area contributed by atoms with Gasteiger partial charge in [0.1, 0.15) is 0 Å². The van der Waals surface area contributed by atoms with Gasteiger partial charge in [-0.05, 0) is 44.4 Å². The maximum absolute atomic E-state index is 12.4. The number of hydrogen-bond donors (Lipinski definition) is 2. The molecule has 0 aromatic rings. The summed E-state index contributed by atoms with van der Waals surface area (Å²) in [5, 5.41) is 0. The van der Waals surface area contributed by atoms with Gasteiger partial charge in [0.05, 0.1) is 0 Å². The number of nitrogens with zero attached hydrogens (tertiary/aromatic N) is 1. The molecule has 0 radical (unpaired) electrons. The van der Waals surface area contributed by atoms with Crippen molar-refractivity contribution in [1.29, 1.82) is 0 Å². The Morgan fingerprint density at radius 1 is 1.39 bits per heavy atom. The van der Waals surface area contributed by atoms with Crippen LogP contribution < -0.4 is 10.5 Å². The molecule has 0 amide bonds. The lowest BCUT2D eigenvalue weighted by Crippen LogP contribution is -2.58. The molecule has 2 atom stereocenters. The minimum Gasteiger partial charge on any atom is -0.329 e. The molecular formula is C12H25N3O2S. The first-order valence-electron chi connectivity index (χ1n) is 6.86. The SMILES string of the molecule is CC1CCCN(S(=O)(=O)NC(C)(CN)C2CC2)C1. The highest BCUT2D eigenvalue weighted by Gasteiger charge is 2.44. The van der Waals surface area contributed by atoms with Crippen molar-refractivity contribution >= 4 is 10.2 Å². The van der Waals surface area contributed by atoms with Crippen LogP contribution in [0.5, 0.6) is 0 Å². The Kier molecular flexibility index (Phi) is 4.02. The Bertz CT molecular complexity index is 394. The van der Waals surface area contributed by atoms with Crippen LogP contribution in [0.4, 0.5) is 0 Å². The van der Waals surface area contributed by atoms with E-state index in [9.17, 15) is 8.42 Å². The van der Waals surface area contributed by atoms with Crippen molar-refractivity contribution in [3.63, 3.8) is 0 Å². The summed E-state index contributed by atoms with van der Waals surface area (Å²) in [6.45, 7) is 5.65. The summed E-state index contributed by atoms with van der Waals surface area (Å²) < 4.78 is 29.2. The molecule has 5 nitrogen and oxygen atoms in total. The highest BCUT2D eigenvalue weighted by atomic mass is 32.2. The van der Waals surface area contributed by atoms with Crippen molar-refractivity contribution in [1.82, 2.24) is 9.03 Å². The van der Waals surface area contributed by atoms with E-state index in [1.54, 1.807) is 4.31 Å². The van der Waals surface area contributed by atoms with Crippen LogP contribution >= 0.6 is 0 Å². The molecule has 1 saturated heterocycles. The molecule has 2 rings (SSSR count). The lowest BCUT2D eigenvalue weighted by Gasteiger charge is -2.35. The molecule has 0 bridgehead atoms. The summed E-state index contributed by atoms with van der Waals surface area (Å²) in [6, 6.07) is 0. The maximum atomic E-state index is 12.4. The van der Waals surface area contributed by atoms with E-state index in [1.165, 1.54) is 0 Å². The molecule has 6 heteroatoms. The molecule has 1 aliphatic heterocycles. The van der Waals surface area contributed by atoms with Crippen molar-refractivity contribution in [2.24, 2.45) is 17.6 Å². The van der Waals surface area contributed by atoms with E-state index in [1.807, 2.05) is 6.92 Å². The maximum Gasteiger partial charge on any atom is 0.280 e. The van der Waals surface area contributed by atoms with Gasteiger partial charge in [0.15, 0.2) is 0 Å². The van der Waals surface area contributed by atoms with E-state index in [0.29, 0.717) is 31.5 Å². The second-order valence-corrected chi connectivity index (χ2v) is 7.78. The lowest BCUT2D eigenvalue weighted by atomic mass is 9.98. The number of piperidine rings is 1. The van der Waals surface area contributed by atoms with Gasteiger partial charge in [-0.1, -0.05) is 6.92 Å². The number of nitrogens with one attached hydrogen (secondary N) is 1. The van der Waals surface area contributed by atoms with E-state index in [4.69, 9.17) is 5.73 Å². The normalized spacial score (nSPS) is 30.1. The number of nitrogens with two attached hydrogens (primary N) is 1. The van der Waals surface area contributed by atoms with Crippen LogP contribution in [-0.2, 0) is 10.2 Å². The first kappa shape index (κ1) is 14.2. The molecular weight excluding hydrogens is 250 g/mol. The fraction of sp³-hybridized carbons (Fsp3) is 1.00. The molecule has 2 fully saturated rings. The van der Waals surface area contributed by atoms with Crippen LogP contribution in [0.15, 0.2) is 0 Å². The Balaban J connectivity index is 2.06. The van der Waals surface area contributed by atoms with Gasteiger partial charge < -0.3 is 5.73 Å². The summed E-state index contributed by atoms with van der Waals surface area (Å²) >= 11 is 0. The van der Waals surface area contributed by atoms with E-state index >= 15 is 0 Å².